The average molecular weight is 496 g/mol. The Labute approximate surface area is 170 Å². The fourth-order valence-electron chi connectivity index (χ4n) is 2.83. The summed E-state index contributed by atoms with van der Waals surface area (Å²) in [5, 5.41) is 0. The van der Waals surface area contributed by atoms with Crippen LogP contribution >= 0.6 is 15.9 Å². The van der Waals surface area contributed by atoms with Crippen molar-refractivity contribution < 1.29 is 35.2 Å². The van der Waals surface area contributed by atoms with Crippen molar-refractivity contribution >= 4 is 31.7 Å². The Morgan fingerprint density at radius 2 is 1.62 bits per heavy atom. The van der Waals surface area contributed by atoms with Gasteiger partial charge < -0.3 is 0 Å². The normalized spacial score (nSPS) is 17.7. The van der Waals surface area contributed by atoms with Crippen molar-refractivity contribution in [1.82, 2.24) is 4.31 Å². The molecular formula is C18H11BrF5NO3S. The molecule has 11 heteroatoms. The third kappa shape index (κ3) is 4.20. The minimum absolute atomic E-state index is 0.00270. The van der Waals surface area contributed by atoms with Crippen LogP contribution in [0.4, 0.5) is 22.0 Å². The molecule has 1 aliphatic heterocycles. The first-order valence-electron chi connectivity index (χ1n) is 7.97. The maximum absolute atomic E-state index is 13.7. The lowest BCUT2D eigenvalue weighted by atomic mass is 9.99. The Balaban J connectivity index is 2.07. The van der Waals surface area contributed by atoms with Crippen LogP contribution < -0.4 is 0 Å². The summed E-state index contributed by atoms with van der Waals surface area (Å²) in [5.74, 6) is -2.86. The van der Waals surface area contributed by atoms with Crippen LogP contribution in [-0.4, -0.2) is 18.5 Å². The van der Waals surface area contributed by atoms with Gasteiger partial charge >= 0.3 is 6.18 Å². The Morgan fingerprint density at radius 3 is 2.21 bits per heavy atom. The third-order valence-electron chi connectivity index (χ3n) is 4.26. The van der Waals surface area contributed by atoms with Gasteiger partial charge in [0.2, 0.25) is 0 Å². The standard InChI is InChI=1S/C18H11BrF5NO3S/c19-14-9-16(21)15(20)8-13(14)17-7-11(26)5-6-25(17)29(27,28)12-3-1-10(2-4-12)18(22,23)24/h1-6,8-9,17H,7H2. The van der Waals surface area contributed by atoms with E-state index in [0.717, 1.165) is 40.8 Å². The van der Waals surface area contributed by atoms with E-state index in [0.29, 0.717) is 12.1 Å². The highest BCUT2D eigenvalue weighted by atomic mass is 79.9. The van der Waals surface area contributed by atoms with Gasteiger partial charge in [0, 0.05) is 17.1 Å². The van der Waals surface area contributed by atoms with Gasteiger partial charge in [-0.3, -0.25) is 9.10 Å². The largest absolute Gasteiger partial charge is 0.416 e. The van der Waals surface area contributed by atoms with Crippen LogP contribution in [0, 0.1) is 11.6 Å². The van der Waals surface area contributed by atoms with Crippen molar-refractivity contribution in [2.45, 2.75) is 23.5 Å². The summed E-state index contributed by atoms with van der Waals surface area (Å²) in [4.78, 5) is 11.4. The highest BCUT2D eigenvalue weighted by molar-refractivity contribution is 9.10. The molecule has 0 fully saturated rings. The Hall–Kier alpha value is -2.27. The zero-order valence-corrected chi connectivity index (χ0v) is 16.7. The second-order valence-corrected chi connectivity index (χ2v) is 8.84. The second kappa shape index (κ2) is 7.52. The number of ketones is 1. The number of allylic oxidation sites excluding steroid dienone is 1. The molecule has 0 amide bonds. The molecule has 2 aromatic rings. The molecule has 1 aliphatic rings. The number of alkyl halides is 3. The monoisotopic (exact) mass is 495 g/mol. The lowest BCUT2D eigenvalue weighted by Crippen LogP contribution is -2.34. The average Bonchev–Trinajstić information content (AvgIpc) is 2.64. The van der Waals surface area contributed by atoms with Crippen molar-refractivity contribution in [1.29, 1.82) is 0 Å². The molecule has 0 spiro atoms. The molecule has 0 bridgehead atoms. The smallest absolute Gasteiger partial charge is 0.295 e. The molecule has 3 rings (SSSR count). The van der Waals surface area contributed by atoms with E-state index in [-0.39, 0.29) is 16.5 Å². The molecule has 2 aromatic carbocycles. The maximum atomic E-state index is 13.7. The van der Waals surface area contributed by atoms with E-state index in [1.54, 1.807) is 0 Å². The molecule has 1 heterocycles. The van der Waals surface area contributed by atoms with Crippen LogP contribution in [0.2, 0.25) is 0 Å². The summed E-state index contributed by atoms with van der Waals surface area (Å²) >= 11 is 3.03. The van der Waals surface area contributed by atoms with Crippen LogP contribution in [0.1, 0.15) is 23.6 Å². The van der Waals surface area contributed by atoms with Gasteiger partial charge in [-0.05, 0) is 48.0 Å². The molecule has 0 saturated heterocycles. The van der Waals surface area contributed by atoms with Gasteiger partial charge in [-0.25, -0.2) is 17.2 Å². The number of sulfonamides is 1. The first-order chi connectivity index (χ1) is 13.4. The molecule has 29 heavy (non-hydrogen) atoms. The van der Waals surface area contributed by atoms with Crippen LogP contribution in [0.5, 0.6) is 0 Å². The van der Waals surface area contributed by atoms with E-state index in [9.17, 15) is 35.2 Å². The summed E-state index contributed by atoms with van der Waals surface area (Å²) in [7, 11) is -4.39. The van der Waals surface area contributed by atoms with Crippen LogP contribution in [0.15, 0.2) is 58.0 Å². The van der Waals surface area contributed by atoms with Gasteiger partial charge in [0.15, 0.2) is 17.4 Å². The van der Waals surface area contributed by atoms with Gasteiger partial charge in [-0.1, -0.05) is 15.9 Å². The van der Waals surface area contributed by atoms with Crippen LogP contribution in [0.25, 0.3) is 0 Å². The van der Waals surface area contributed by atoms with Gasteiger partial charge in [0.1, 0.15) is 0 Å². The molecule has 4 nitrogen and oxygen atoms in total. The zero-order valence-electron chi connectivity index (χ0n) is 14.3. The van der Waals surface area contributed by atoms with Gasteiger partial charge in [0.05, 0.1) is 16.5 Å². The summed E-state index contributed by atoms with van der Waals surface area (Å²) < 4.78 is 92.1. The van der Waals surface area contributed by atoms with E-state index in [1.165, 1.54) is 0 Å². The van der Waals surface area contributed by atoms with Gasteiger partial charge in [0.25, 0.3) is 10.0 Å². The second-order valence-electron chi connectivity index (χ2n) is 6.15. The molecule has 154 valence electrons. The predicted molar refractivity (Wildman–Crippen MR) is 96.0 cm³/mol. The Kier molecular flexibility index (Phi) is 5.56. The quantitative estimate of drug-likeness (QED) is 0.446. The van der Waals surface area contributed by atoms with Crippen LogP contribution in [0.3, 0.4) is 0 Å². The molecule has 0 saturated carbocycles. The van der Waals surface area contributed by atoms with Crippen molar-refractivity contribution in [3.8, 4) is 0 Å². The number of rotatable bonds is 3. The summed E-state index contributed by atoms with van der Waals surface area (Å²) in [6, 6.07) is 3.17. The van der Waals surface area contributed by atoms with Crippen molar-refractivity contribution in [2.75, 3.05) is 0 Å². The lowest BCUT2D eigenvalue weighted by molar-refractivity contribution is -0.137. The van der Waals surface area contributed by atoms with Gasteiger partial charge in [-0.2, -0.15) is 13.2 Å². The first-order valence-corrected chi connectivity index (χ1v) is 10.2. The molecule has 0 aliphatic carbocycles. The van der Waals surface area contributed by atoms with E-state index in [2.05, 4.69) is 15.9 Å². The van der Waals surface area contributed by atoms with Crippen molar-refractivity contribution in [2.24, 2.45) is 0 Å². The molecule has 0 radical (unpaired) electrons. The predicted octanol–water partition coefficient (Wildman–Crippen LogP) is 4.96. The van der Waals surface area contributed by atoms with E-state index in [1.807, 2.05) is 0 Å². The SMILES string of the molecule is O=C1C=CN(S(=O)(=O)c2ccc(C(F)(F)F)cc2)C(c2cc(F)c(F)cc2Br)C1. The molecule has 1 atom stereocenters. The maximum Gasteiger partial charge on any atom is 0.416 e. The minimum Gasteiger partial charge on any atom is -0.295 e. The summed E-state index contributed by atoms with van der Waals surface area (Å²) in [6.07, 6.45) is -3.05. The fraction of sp³-hybridized carbons (Fsp3) is 0.167. The number of nitrogens with zero attached hydrogens (tertiary/aromatic N) is 1. The number of halogens is 6. The summed E-state index contributed by atoms with van der Waals surface area (Å²) in [5.41, 5.74) is -1.03. The number of hydrogen-bond donors (Lipinski definition) is 0. The number of benzene rings is 2. The van der Waals surface area contributed by atoms with Crippen LogP contribution in [-0.2, 0) is 21.0 Å². The fourth-order valence-corrected chi connectivity index (χ4v) is 4.88. The summed E-state index contributed by atoms with van der Waals surface area (Å²) in [6.45, 7) is 0. The molecular weight excluding hydrogens is 485 g/mol. The molecule has 1 unspecified atom stereocenters. The van der Waals surface area contributed by atoms with Gasteiger partial charge in [-0.15, -0.1) is 0 Å². The molecule has 0 N–H and O–H groups in total. The topological polar surface area (TPSA) is 54.5 Å². The van der Waals surface area contributed by atoms with E-state index >= 15 is 0 Å². The highest BCUT2D eigenvalue weighted by Crippen LogP contribution is 2.38. The first kappa shape index (κ1) is 21.4. The highest BCUT2D eigenvalue weighted by Gasteiger charge is 2.36. The number of carbonyl (C=O) groups excluding carboxylic acids is 1. The lowest BCUT2D eigenvalue weighted by Gasteiger charge is -2.32. The van der Waals surface area contributed by atoms with Crippen molar-refractivity contribution in [3.63, 3.8) is 0 Å². The number of hydrogen-bond acceptors (Lipinski definition) is 3. The third-order valence-corrected chi connectivity index (χ3v) is 6.75. The number of carbonyl (C=O) groups is 1. The van der Waals surface area contributed by atoms with Crippen molar-refractivity contribution in [3.05, 3.63) is 75.9 Å². The van der Waals surface area contributed by atoms with E-state index < -0.39 is 50.1 Å². The minimum atomic E-state index is -4.64. The molecule has 0 aromatic heterocycles. The van der Waals surface area contributed by atoms with E-state index in [4.69, 9.17) is 0 Å². The Bertz CT molecular complexity index is 1100. The zero-order chi connectivity index (χ0) is 21.6. The Morgan fingerprint density at radius 1 is 1.03 bits per heavy atom.